The zero-order chi connectivity index (χ0) is 21.2. The molecule has 29 heavy (non-hydrogen) atoms. The molecule has 0 unspecified atom stereocenters. The van der Waals surface area contributed by atoms with Crippen molar-refractivity contribution < 1.29 is 19.4 Å². The molecule has 0 spiro atoms. The third-order valence-electron chi connectivity index (χ3n) is 4.65. The summed E-state index contributed by atoms with van der Waals surface area (Å²) in [5.74, 6) is -0.611. The molecule has 0 saturated carbocycles. The Hall–Kier alpha value is -2.37. The Morgan fingerprint density at radius 1 is 0.931 bits per heavy atom. The van der Waals surface area contributed by atoms with Crippen LogP contribution in [0.5, 0.6) is 5.75 Å². The fraction of sp³-hybridized carbons (Fsp3) is 0.609. The maximum absolute atomic E-state index is 11.8. The molecule has 6 nitrogen and oxygen atoms in total. The van der Waals surface area contributed by atoms with Crippen LogP contribution in [0.4, 0.5) is 0 Å². The number of aliphatic carboxylic acids is 1. The van der Waals surface area contributed by atoms with Crippen LogP contribution >= 0.6 is 0 Å². The molecule has 0 aliphatic heterocycles. The first-order valence-electron chi connectivity index (χ1n) is 10.9. The van der Waals surface area contributed by atoms with E-state index in [9.17, 15) is 9.59 Å². The molecule has 0 aromatic heterocycles. The predicted molar refractivity (Wildman–Crippen MR) is 116 cm³/mol. The van der Waals surface area contributed by atoms with Crippen molar-refractivity contribution in [2.45, 2.75) is 84.0 Å². The smallest absolute Gasteiger partial charge is 0.341 e. The number of carboxylic acid groups (broad SMARTS) is 1. The minimum absolute atomic E-state index is 0.0708. The fourth-order valence-corrected chi connectivity index (χ4v) is 2.98. The Kier molecular flexibility index (Phi) is 14.1. The van der Waals surface area contributed by atoms with Gasteiger partial charge in [-0.05, 0) is 36.2 Å². The summed E-state index contributed by atoms with van der Waals surface area (Å²) in [4.78, 5) is 22.2. The summed E-state index contributed by atoms with van der Waals surface area (Å²) in [6, 6.07) is 6.82. The van der Waals surface area contributed by atoms with Crippen LogP contribution in [0.3, 0.4) is 0 Å². The molecule has 0 heterocycles. The van der Waals surface area contributed by atoms with Crippen LogP contribution in [0.2, 0.25) is 0 Å². The average molecular weight is 405 g/mol. The number of ether oxygens (including phenoxy) is 1. The maximum atomic E-state index is 11.8. The molecule has 1 aromatic carbocycles. The van der Waals surface area contributed by atoms with Crippen LogP contribution in [0, 0.1) is 0 Å². The predicted octanol–water partition coefficient (Wildman–Crippen LogP) is 5.30. The van der Waals surface area contributed by atoms with Crippen molar-refractivity contribution in [3.05, 3.63) is 29.8 Å². The second-order valence-electron chi connectivity index (χ2n) is 7.33. The summed E-state index contributed by atoms with van der Waals surface area (Å²) in [5.41, 5.74) is 3.34. The maximum Gasteiger partial charge on any atom is 0.341 e. The third kappa shape index (κ3) is 14.3. The number of carboxylic acids is 1. The molecule has 2 N–H and O–H groups in total. The topological polar surface area (TPSA) is 88.0 Å². The number of hydrazone groups is 1. The molecule has 1 aromatic rings. The Bertz CT molecular complexity index is 599. The molecule has 0 aliphatic carbocycles. The first-order chi connectivity index (χ1) is 14.1. The first-order valence-corrected chi connectivity index (χ1v) is 10.9. The molecule has 0 radical (unpaired) electrons. The minimum Gasteiger partial charge on any atom is -0.482 e. The molecule has 6 heteroatoms. The van der Waals surface area contributed by atoms with Gasteiger partial charge in [0.05, 0.1) is 6.21 Å². The van der Waals surface area contributed by atoms with Crippen LogP contribution in [-0.2, 0) is 9.59 Å². The minimum atomic E-state index is -1.02. The van der Waals surface area contributed by atoms with Gasteiger partial charge in [0.1, 0.15) is 5.75 Å². The van der Waals surface area contributed by atoms with E-state index in [-0.39, 0.29) is 12.5 Å². The van der Waals surface area contributed by atoms with Gasteiger partial charge in [0.2, 0.25) is 5.91 Å². The molecular formula is C23H36N2O4. The zero-order valence-corrected chi connectivity index (χ0v) is 17.7. The highest BCUT2D eigenvalue weighted by Crippen LogP contribution is 2.12. The van der Waals surface area contributed by atoms with E-state index in [0.29, 0.717) is 12.2 Å². The van der Waals surface area contributed by atoms with Gasteiger partial charge in [-0.2, -0.15) is 5.10 Å². The molecule has 1 amide bonds. The van der Waals surface area contributed by atoms with Crippen molar-refractivity contribution in [3.63, 3.8) is 0 Å². The summed E-state index contributed by atoms with van der Waals surface area (Å²) in [5, 5.41) is 12.5. The SMILES string of the molecule is CCCCCCCCCCCCCC(=O)N/N=C\c1ccc(OCC(=O)O)cc1. The van der Waals surface area contributed by atoms with E-state index in [1.54, 1.807) is 30.5 Å². The van der Waals surface area contributed by atoms with Gasteiger partial charge in [0.15, 0.2) is 6.61 Å². The number of carbonyl (C=O) groups excluding carboxylic acids is 1. The number of unbranched alkanes of at least 4 members (excludes halogenated alkanes) is 10. The third-order valence-corrected chi connectivity index (χ3v) is 4.65. The van der Waals surface area contributed by atoms with E-state index in [1.165, 1.54) is 57.8 Å². The summed E-state index contributed by atoms with van der Waals surface area (Å²) in [6.45, 7) is 1.87. The van der Waals surface area contributed by atoms with Gasteiger partial charge < -0.3 is 9.84 Å². The molecule has 0 fully saturated rings. The quantitative estimate of drug-likeness (QED) is 0.209. The van der Waals surface area contributed by atoms with Crippen LogP contribution < -0.4 is 10.2 Å². The van der Waals surface area contributed by atoms with Crippen molar-refractivity contribution in [1.82, 2.24) is 5.43 Å². The fourth-order valence-electron chi connectivity index (χ4n) is 2.98. The van der Waals surface area contributed by atoms with E-state index in [2.05, 4.69) is 17.5 Å². The number of nitrogens with zero attached hydrogens (tertiary/aromatic N) is 1. The van der Waals surface area contributed by atoms with Gasteiger partial charge in [-0.25, -0.2) is 10.2 Å². The number of nitrogens with one attached hydrogen (secondary N) is 1. The Balaban J connectivity index is 2.02. The number of carbonyl (C=O) groups is 2. The zero-order valence-electron chi connectivity index (χ0n) is 17.7. The van der Waals surface area contributed by atoms with Crippen LogP contribution in [0.15, 0.2) is 29.4 Å². The summed E-state index contributed by atoms with van der Waals surface area (Å²) < 4.78 is 5.06. The molecule has 1 rings (SSSR count). The molecule has 0 bridgehead atoms. The molecule has 0 atom stereocenters. The number of hydrogen-bond acceptors (Lipinski definition) is 4. The van der Waals surface area contributed by atoms with Crippen molar-refractivity contribution >= 4 is 18.1 Å². The Morgan fingerprint density at radius 3 is 2.03 bits per heavy atom. The molecule has 0 saturated heterocycles. The second-order valence-corrected chi connectivity index (χ2v) is 7.33. The molecule has 162 valence electrons. The first kappa shape index (κ1) is 24.7. The van der Waals surface area contributed by atoms with Crippen LogP contribution in [-0.4, -0.2) is 29.8 Å². The summed E-state index contributed by atoms with van der Waals surface area (Å²) in [6.07, 6.45) is 15.9. The lowest BCUT2D eigenvalue weighted by molar-refractivity contribution is -0.139. The monoisotopic (exact) mass is 404 g/mol. The lowest BCUT2D eigenvalue weighted by atomic mass is 10.1. The van der Waals surface area contributed by atoms with Crippen molar-refractivity contribution in [1.29, 1.82) is 0 Å². The summed E-state index contributed by atoms with van der Waals surface area (Å²) in [7, 11) is 0. The normalized spacial score (nSPS) is 10.9. The average Bonchev–Trinajstić information content (AvgIpc) is 2.71. The van der Waals surface area contributed by atoms with Gasteiger partial charge in [-0.1, -0.05) is 71.1 Å². The van der Waals surface area contributed by atoms with Crippen molar-refractivity contribution in [2.75, 3.05) is 6.61 Å². The number of benzene rings is 1. The van der Waals surface area contributed by atoms with Crippen molar-refractivity contribution in [2.24, 2.45) is 5.10 Å². The van der Waals surface area contributed by atoms with Gasteiger partial charge in [-0.3, -0.25) is 4.79 Å². The van der Waals surface area contributed by atoms with Crippen LogP contribution in [0.1, 0.15) is 89.5 Å². The van der Waals surface area contributed by atoms with Gasteiger partial charge in [0.25, 0.3) is 0 Å². The van der Waals surface area contributed by atoms with E-state index >= 15 is 0 Å². The van der Waals surface area contributed by atoms with E-state index in [0.717, 1.165) is 18.4 Å². The lowest BCUT2D eigenvalue weighted by Gasteiger charge is -2.03. The highest BCUT2D eigenvalue weighted by atomic mass is 16.5. The largest absolute Gasteiger partial charge is 0.482 e. The van der Waals surface area contributed by atoms with Gasteiger partial charge in [0, 0.05) is 6.42 Å². The molecular weight excluding hydrogens is 368 g/mol. The number of hydrogen-bond donors (Lipinski definition) is 2. The van der Waals surface area contributed by atoms with E-state index in [4.69, 9.17) is 9.84 Å². The number of amides is 1. The van der Waals surface area contributed by atoms with Crippen molar-refractivity contribution in [3.8, 4) is 5.75 Å². The Morgan fingerprint density at radius 2 is 1.48 bits per heavy atom. The summed E-state index contributed by atoms with van der Waals surface area (Å²) >= 11 is 0. The Labute approximate surface area is 174 Å². The highest BCUT2D eigenvalue weighted by Gasteiger charge is 2.01. The van der Waals surface area contributed by atoms with Gasteiger partial charge >= 0.3 is 5.97 Å². The lowest BCUT2D eigenvalue weighted by Crippen LogP contribution is -2.16. The highest BCUT2D eigenvalue weighted by molar-refractivity contribution is 5.82. The van der Waals surface area contributed by atoms with Crippen LogP contribution in [0.25, 0.3) is 0 Å². The second kappa shape index (κ2) is 16.6. The molecule has 0 aliphatic rings. The van der Waals surface area contributed by atoms with E-state index < -0.39 is 5.97 Å². The van der Waals surface area contributed by atoms with Gasteiger partial charge in [-0.15, -0.1) is 0 Å². The standard InChI is InChI=1S/C23H36N2O4/c1-2-3-4-5-6-7-8-9-10-11-12-13-22(26)25-24-18-20-14-16-21(17-15-20)29-19-23(27)28/h14-18H,2-13,19H2,1H3,(H,25,26)(H,27,28)/b24-18-. The number of rotatable bonds is 17. The van der Waals surface area contributed by atoms with E-state index in [1.807, 2.05) is 0 Å².